The summed E-state index contributed by atoms with van der Waals surface area (Å²) < 4.78 is 0. The fourth-order valence-corrected chi connectivity index (χ4v) is 2.14. The Morgan fingerprint density at radius 1 is 1.21 bits per heavy atom. The maximum Gasteiger partial charge on any atom is 0.189 e. The van der Waals surface area contributed by atoms with Gasteiger partial charge in [0.2, 0.25) is 0 Å². The van der Waals surface area contributed by atoms with Gasteiger partial charge in [-0.3, -0.25) is 0 Å². The van der Waals surface area contributed by atoms with Crippen molar-refractivity contribution in [2.24, 2.45) is 16.6 Å². The molecule has 0 bridgehead atoms. The van der Waals surface area contributed by atoms with E-state index < -0.39 is 0 Å². The van der Waals surface area contributed by atoms with Gasteiger partial charge < -0.3 is 11.1 Å². The second-order valence-corrected chi connectivity index (χ2v) is 4.76. The zero-order valence-corrected chi connectivity index (χ0v) is 9.00. The molecule has 0 saturated heterocycles. The normalized spacial score (nSPS) is 34.2. The van der Waals surface area contributed by atoms with Gasteiger partial charge in [0.1, 0.15) is 0 Å². The minimum absolute atomic E-state index is 0.468. The van der Waals surface area contributed by atoms with Gasteiger partial charge in [-0.25, -0.2) is 4.99 Å². The molecule has 14 heavy (non-hydrogen) atoms. The van der Waals surface area contributed by atoms with Crippen LogP contribution in [0.4, 0.5) is 0 Å². The number of hydrogen-bond donors (Lipinski definition) is 2. The highest BCUT2D eigenvalue weighted by atomic mass is 15.1. The van der Waals surface area contributed by atoms with Crippen LogP contribution in [-0.2, 0) is 0 Å². The number of nitrogens with zero attached hydrogens (tertiary/aromatic N) is 1. The van der Waals surface area contributed by atoms with Gasteiger partial charge in [-0.15, -0.1) is 0 Å². The van der Waals surface area contributed by atoms with E-state index in [-0.39, 0.29) is 0 Å². The van der Waals surface area contributed by atoms with E-state index in [0.29, 0.717) is 24.0 Å². The molecule has 0 radical (unpaired) electrons. The Morgan fingerprint density at radius 3 is 2.57 bits per heavy atom. The van der Waals surface area contributed by atoms with Crippen LogP contribution in [0.3, 0.4) is 0 Å². The second-order valence-electron chi connectivity index (χ2n) is 4.76. The lowest BCUT2D eigenvalue weighted by molar-refractivity contribution is 0.332. The van der Waals surface area contributed by atoms with Crippen LogP contribution in [0.1, 0.15) is 45.4 Å². The lowest BCUT2D eigenvalue weighted by atomic mass is 9.86. The highest BCUT2D eigenvalue weighted by Crippen LogP contribution is 2.26. The molecule has 3 N–H and O–H groups in total. The van der Waals surface area contributed by atoms with Gasteiger partial charge in [0.25, 0.3) is 0 Å². The number of nitrogens with one attached hydrogen (secondary N) is 1. The van der Waals surface area contributed by atoms with Crippen LogP contribution in [0.25, 0.3) is 0 Å². The van der Waals surface area contributed by atoms with Gasteiger partial charge in [0.15, 0.2) is 5.96 Å². The summed E-state index contributed by atoms with van der Waals surface area (Å²) in [6, 6.07) is 1.09. The van der Waals surface area contributed by atoms with Crippen molar-refractivity contribution in [3.63, 3.8) is 0 Å². The van der Waals surface area contributed by atoms with Crippen LogP contribution in [0.2, 0.25) is 0 Å². The first-order valence-corrected chi connectivity index (χ1v) is 5.85. The molecule has 2 aliphatic carbocycles. The molecule has 0 amide bonds. The smallest absolute Gasteiger partial charge is 0.189 e. The van der Waals surface area contributed by atoms with E-state index in [1.165, 1.54) is 38.5 Å². The SMILES string of the molecule is CC1CCCCC1N=C(N)NC1CC1. The largest absolute Gasteiger partial charge is 0.370 e. The summed E-state index contributed by atoms with van der Waals surface area (Å²) in [5.74, 6) is 1.38. The average Bonchev–Trinajstić information content (AvgIpc) is 2.93. The van der Waals surface area contributed by atoms with Crippen molar-refractivity contribution in [1.82, 2.24) is 5.32 Å². The van der Waals surface area contributed by atoms with Crippen LogP contribution in [-0.4, -0.2) is 18.0 Å². The third-order valence-corrected chi connectivity index (χ3v) is 3.30. The number of guanidine groups is 1. The third kappa shape index (κ3) is 2.63. The molecule has 2 rings (SSSR count). The van der Waals surface area contributed by atoms with E-state index >= 15 is 0 Å². The highest BCUT2D eigenvalue weighted by molar-refractivity contribution is 5.78. The first-order valence-electron chi connectivity index (χ1n) is 5.85. The Balaban J connectivity index is 1.85. The maximum absolute atomic E-state index is 5.85. The number of aliphatic imine (C=N–C) groups is 1. The van der Waals surface area contributed by atoms with Crippen LogP contribution in [0, 0.1) is 5.92 Å². The van der Waals surface area contributed by atoms with Gasteiger partial charge in [-0.05, 0) is 31.6 Å². The van der Waals surface area contributed by atoms with Crippen molar-refractivity contribution >= 4 is 5.96 Å². The molecular weight excluding hydrogens is 174 g/mol. The van der Waals surface area contributed by atoms with Gasteiger partial charge in [0, 0.05) is 6.04 Å². The van der Waals surface area contributed by atoms with Crippen molar-refractivity contribution in [1.29, 1.82) is 0 Å². The molecule has 0 heterocycles. The van der Waals surface area contributed by atoms with Crippen LogP contribution >= 0.6 is 0 Å². The Labute approximate surface area is 86.2 Å². The van der Waals surface area contributed by atoms with E-state index in [9.17, 15) is 0 Å². The number of rotatable bonds is 2. The first-order chi connectivity index (χ1) is 6.75. The summed E-state index contributed by atoms with van der Waals surface area (Å²) in [6.45, 7) is 2.29. The third-order valence-electron chi connectivity index (χ3n) is 3.30. The van der Waals surface area contributed by atoms with E-state index in [1.54, 1.807) is 0 Å². The van der Waals surface area contributed by atoms with Crippen LogP contribution in [0.15, 0.2) is 4.99 Å². The maximum atomic E-state index is 5.85. The zero-order valence-electron chi connectivity index (χ0n) is 9.00. The molecule has 0 spiro atoms. The summed E-state index contributed by atoms with van der Waals surface area (Å²) in [6.07, 6.45) is 7.73. The molecule has 0 aromatic carbocycles. The predicted molar refractivity (Wildman–Crippen MR) is 59.2 cm³/mol. The summed E-state index contributed by atoms with van der Waals surface area (Å²) in [7, 11) is 0. The topological polar surface area (TPSA) is 50.4 Å². The minimum atomic E-state index is 0.468. The van der Waals surface area contributed by atoms with Crippen molar-refractivity contribution < 1.29 is 0 Å². The Hall–Kier alpha value is -0.730. The molecule has 2 aliphatic rings. The van der Waals surface area contributed by atoms with Gasteiger partial charge in [-0.2, -0.15) is 0 Å². The summed E-state index contributed by atoms with van der Waals surface area (Å²) in [5.41, 5.74) is 5.85. The lowest BCUT2D eigenvalue weighted by Crippen LogP contribution is -2.36. The van der Waals surface area contributed by atoms with Crippen molar-refractivity contribution in [2.75, 3.05) is 0 Å². The van der Waals surface area contributed by atoms with Crippen molar-refractivity contribution in [3.05, 3.63) is 0 Å². The van der Waals surface area contributed by atoms with E-state index in [4.69, 9.17) is 5.73 Å². The van der Waals surface area contributed by atoms with Gasteiger partial charge in [-0.1, -0.05) is 19.8 Å². The Morgan fingerprint density at radius 2 is 1.93 bits per heavy atom. The monoisotopic (exact) mass is 195 g/mol. The van der Waals surface area contributed by atoms with Crippen LogP contribution < -0.4 is 11.1 Å². The fraction of sp³-hybridized carbons (Fsp3) is 0.909. The highest BCUT2D eigenvalue weighted by Gasteiger charge is 2.24. The quantitative estimate of drug-likeness (QED) is 0.520. The molecule has 2 saturated carbocycles. The molecule has 0 aromatic heterocycles. The summed E-state index contributed by atoms with van der Waals surface area (Å²) in [5, 5.41) is 3.25. The number of nitrogens with two attached hydrogens (primary N) is 1. The molecule has 3 nitrogen and oxygen atoms in total. The molecule has 3 heteroatoms. The zero-order chi connectivity index (χ0) is 9.97. The standard InChI is InChI=1S/C11H21N3/c1-8-4-2-3-5-10(8)14-11(12)13-9-6-7-9/h8-10H,2-7H2,1H3,(H3,12,13,14). The molecule has 0 aliphatic heterocycles. The Kier molecular flexibility index (Phi) is 2.94. The second kappa shape index (κ2) is 4.20. The van der Waals surface area contributed by atoms with Crippen molar-refractivity contribution in [2.45, 2.75) is 57.5 Å². The van der Waals surface area contributed by atoms with E-state index in [0.717, 1.165) is 0 Å². The van der Waals surface area contributed by atoms with Crippen LogP contribution in [0.5, 0.6) is 0 Å². The van der Waals surface area contributed by atoms with Gasteiger partial charge >= 0.3 is 0 Å². The summed E-state index contributed by atoms with van der Waals surface area (Å²) >= 11 is 0. The molecule has 2 atom stereocenters. The molecule has 2 unspecified atom stereocenters. The summed E-state index contributed by atoms with van der Waals surface area (Å²) in [4.78, 5) is 4.58. The molecule has 0 aromatic rings. The van der Waals surface area contributed by atoms with Gasteiger partial charge in [0.05, 0.1) is 6.04 Å². The van der Waals surface area contributed by atoms with E-state index in [1.807, 2.05) is 0 Å². The minimum Gasteiger partial charge on any atom is -0.370 e. The molecule has 80 valence electrons. The predicted octanol–water partition coefficient (Wildman–Crippen LogP) is 1.63. The first kappa shape index (κ1) is 9.81. The number of hydrogen-bond acceptors (Lipinski definition) is 1. The fourth-order valence-electron chi connectivity index (χ4n) is 2.14. The molecular formula is C11H21N3. The van der Waals surface area contributed by atoms with E-state index in [2.05, 4.69) is 17.2 Å². The average molecular weight is 195 g/mol. The molecule has 2 fully saturated rings. The lowest BCUT2D eigenvalue weighted by Gasteiger charge is -2.25. The van der Waals surface area contributed by atoms with Crippen molar-refractivity contribution in [3.8, 4) is 0 Å². The Bertz CT molecular complexity index is 221.